The SMILES string of the molecule is COc1ccc(C(=O)NCc2nc3ccccc3n2CCCCOc2ccc(C)cc2)cc1OC. The van der Waals surface area contributed by atoms with Gasteiger partial charge in [0.2, 0.25) is 0 Å². The third-order valence-corrected chi connectivity index (χ3v) is 5.85. The molecule has 0 aliphatic carbocycles. The first-order chi connectivity index (χ1) is 17.1. The number of carbonyl (C=O) groups is 1. The molecule has 3 aromatic carbocycles. The van der Waals surface area contributed by atoms with E-state index in [0.717, 1.165) is 42.0 Å². The summed E-state index contributed by atoms with van der Waals surface area (Å²) in [5, 5.41) is 2.99. The molecule has 7 heteroatoms. The lowest BCUT2D eigenvalue weighted by Gasteiger charge is -2.12. The molecule has 0 fully saturated rings. The quantitative estimate of drug-likeness (QED) is 0.305. The molecule has 0 aliphatic rings. The average molecular weight is 474 g/mol. The summed E-state index contributed by atoms with van der Waals surface area (Å²) in [7, 11) is 3.12. The first kappa shape index (κ1) is 24.1. The molecule has 4 aromatic rings. The van der Waals surface area contributed by atoms with Gasteiger partial charge in [-0.15, -0.1) is 0 Å². The first-order valence-corrected chi connectivity index (χ1v) is 11.7. The van der Waals surface area contributed by atoms with Crippen LogP contribution in [0.3, 0.4) is 0 Å². The van der Waals surface area contributed by atoms with Gasteiger partial charge in [0.25, 0.3) is 5.91 Å². The van der Waals surface area contributed by atoms with E-state index in [4.69, 9.17) is 19.2 Å². The van der Waals surface area contributed by atoms with Crippen LogP contribution in [0.15, 0.2) is 66.7 Å². The topological polar surface area (TPSA) is 74.6 Å². The highest BCUT2D eigenvalue weighted by Crippen LogP contribution is 2.27. The lowest BCUT2D eigenvalue weighted by molar-refractivity contribution is 0.0949. The van der Waals surface area contributed by atoms with Gasteiger partial charge in [0, 0.05) is 12.1 Å². The van der Waals surface area contributed by atoms with Crippen molar-refractivity contribution < 1.29 is 19.0 Å². The van der Waals surface area contributed by atoms with E-state index in [1.54, 1.807) is 32.4 Å². The maximum absolute atomic E-state index is 12.8. The van der Waals surface area contributed by atoms with Crippen molar-refractivity contribution in [2.45, 2.75) is 32.9 Å². The van der Waals surface area contributed by atoms with Crippen LogP contribution in [0.5, 0.6) is 17.2 Å². The maximum atomic E-state index is 12.8. The van der Waals surface area contributed by atoms with Crippen molar-refractivity contribution in [3.8, 4) is 17.2 Å². The number of aromatic nitrogens is 2. The number of rotatable bonds is 11. The predicted molar refractivity (Wildman–Crippen MR) is 136 cm³/mol. The van der Waals surface area contributed by atoms with E-state index < -0.39 is 0 Å². The van der Waals surface area contributed by atoms with Crippen molar-refractivity contribution in [1.29, 1.82) is 0 Å². The van der Waals surface area contributed by atoms with Crippen molar-refractivity contribution in [2.75, 3.05) is 20.8 Å². The number of unbranched alkanes of at least 4 members (excludes halogenated alkanes) is 1. The number of nitrogens with one attached hydrogen (secondary N) is 1. The lowest BCUT2D eigenvalue weighted by atomic mass is 10.2. The minimum atomic E-state index is -0.198. The molecule has 1 aromatic heterocycles. The van der Waals surface area contributed by atoms with Gasteiger partial charge in [-0.05, 0) is 62.2 Å². The summed E-state index contributed by atoms with van der Waals surface area (Å²) in [6.45, 7) is 3.83. The molecule has 0 radical (unpaired) electrons. The van der Waals surface area contributed by atoms with Crippen LogP contribution >= 0.6 is 0 Å². The van der Waals surface area contributed by atoms with Gasteiger partial charge >= 0.3 is 0 Å². The zero-order valence-corrected chi connectivity index (χ0v) is 20.4. The second-order valence-corrected chi connectivity index (χ2v) is 8.29. The molecular weight excluding hydrogens is 442 g/mol. The van der Waals surface area contributed by atoms with Crippen LogP contribution in [0.1, 0.15) is 34.6 Å². The molecule has 0 bridgehead atoms. The number of carbonyl (C=O) groups excluding carboxylic acids is 1. The summed E-state index contributed by atoms with van der Waals surface area (Å²) in [4.78, 5) is 17.6. The number of imidazole rings is 1. The summed E-state index contributed by atoms with van der Waals surface area (Å²) in [5.74, 6) is 2.61. The summed E-state index contributed by atoms with van der Waals surface area (Å²) in [6.07, 6.45) is 1.85. The van der Waals surface area contributed by atoms with Crippen LogP contribution in [0.4, 0.5) is 0 Å². The third kappa shape index (κ3) is 5.93. The van der Waals surface area contributed by atoms with Crippen LogP contribution in [0.25, 0.3) is 11.0 Å². The highest BCUT2D eigenvalue weighted by Gasteiger charge is 2.14. The molecule has 0 saturated heterocycles. The summed E-state index contributed by atoms with van der Waals surface area (Å²) < 4.78 is 18.6. The maximum Gasteiger partial charge on any atom is 0.251 e. The summed E-state index contributed by atoms with van der Waals surface area (Å²) >= 11 is 0. The van der Waals surface area contributed by atoms with Gasteiger partial charge in [0.15, 0.2) is 11.5 Å². The Labute approximate surface area is 205 Å². The molecule has 0 saturated carbocycles. The third-order valence-electron chi connectivity index (χ3n) is 5.85. The average Bonchev–Trinajstić information content (AvgIpc) is 3.25. The number of hydrogen-bond donors (Lipinski definition) is 1. The smallest absolute Gasteiger partial charge is 0.251 e. The van der Waals surface area contributed by atoms with E-state index in [2.05, 4.69) is 35.0 Å². The van der Waals surface area contributed by atoms with Crippen LogP contribution < -0.4 is 19.5 Å². The summed E-state index contributed by atoms with van der Waals surface area (Å²) in [5.41, 5.74) is 3.69. The summed E-state index contributed by atoms with van der Waals surface area (Å²) in [6, 6.07) is 21.2. The number of methoxy groups -OCH3 is 2. The predicted octanol–water partition coefficient (Wildman–Crippen LogP) is 5.15. The van der Waals surface area contributed by atoms with Crippen molar-refractivity contribution in [2.24, 2.45) is 0 Å². The van der Waals surface area contributed by atoms with E-state index in [0.29, 0.717) is 30.2 Å². The number of nitrogens with zero attached hydrogens (tertiary/aromatic N) is 2. The lowest BCUT2D eigenvalue weighted by Crippen LogP contribution is -2.25. The number of ether oxygens (including phenoxy) is 3. The fraction of sp³-hybridized carbons (Fsp3) is 0.286. The Morgan fingerprint density at radius 1 is 0.943 bits per heavy atom. The second kappa shape index (κ2) is 11.4. The number of fused-ring (bicyclic) bond motifs is 1. The Bertz CT molecular complexity index is 1280. The monoisotopic (exact) mass is 473 g/mol. The zero-order valence-electron chi connectivity index (χ0n) is 20.4. The number of amides is 1. The van der Waals surface area contributed by atoms with Crippen molar-refractivity contribution >= 4 is 16.9 Å². The fourth-order valence-corrected chi connectivity index (χ4v) is 3.95. The van der Waals surface area contributed by atoms with E-state index in [9.17, 15) is 4.79 Å². The Balaban J connectivity index is 1.39. The molecular formula is C28H31N3O4. The Hall–Kier alpha value is -4.00. The second-order valence-electron chi connectivity index (χ2n) is 8.29. The fourth-order valence-electron chi connectivity index (χ4n) is 3.95. The Kier molecular flexibility index (Phi) is 7.88. The normalized spacial score (nSPS) is 10.8. The molecule has 1 heterocycles. The van der Waals surface area contributed by atoms with Gasteiger partial charge in [0.05, 0.1) is 38.4 Å². The van der Waals surface area contributed by atoms with E-state index in [-0.39, 0.29) is 5.91 Å². The number of benzene rings is 3. The molecule has 0 spiro atoms. The van der Waals surface area contributed by atoms with Crippen LogP contribution in [0.2, 0.25) is 0 Å². The van der Waals surface area contributed by atoms with Crippen LogP contribution in [0, 0.1) is 6.92 Å². The minimum Gasteiger partial charge on any atom is -0.494 e. The molecule has 4 rings (SSSR count). The van der Waals surface area contributed by atoms with Gasteiger partial charge in [-0.3, -0.25) is 4.79 Å². The Morgan fingerprint density at radius 2 is 1.71 bits per heavy atom. The van der Waals surface area contributed by atoms with E-state index in [1.165, 1.54) is 5.56 Å². The zero-order chi connectivity index (χ0) is 24.6. The van der Waals surface area contributed by atoms with Crippen molar-refractivity contribution in [3.63, 3.8) is 0 Å². The molecule has 1 N–H and O–H groups in total. The molecule has 0 atom stereocenters. The van der Waals surface area contributed by atoms with Gasteiger partial charge in [-0.1, -0.05) is 29.8 Å². The van der Waals surface area contributed by atoms with Gasteiger partial charge < -0.3 is 24.1 Å². The van der Waals surface area contributed by atoms with E-state index in [1.807, 2.05) is 30.3 Å². The number of aryl methyl sites for hydroxylation is 2. The van der Waals surface area contributed by atoms with Crippen molar-refractivity contribution in [3.05, 3.63) is 83.7 Å². The molecule has 0 unspecified atom stereocenters. The van der Waals surface area contributed by atoms with Gasteiger partial charge in [-0.25, -0.2) is 4.98 Å². The highest BCUT2D eigenvalue weighted by atomic mass is 16.5. The standard InChI is InChI=1S/C28H31N3O4/c1-20-10-13-22(14-11-20)35-17-7-6-16-31-24-9-5-4-8-23(24)30-27(31)19-29-28(32)21-12-15-25(33-2)26(18-21)34-3/h4-5,8-15,18H,6-7,16-17,19H2,1-3H3,(H,29,32). The molecule has 7 nitrogen and oxygen atoms in total. The first-order valence-electron chi connectivity index (χ1n) is 11.7. The highest BCUT2D eigenvalue weighted by molar-refractivity contribution is 5.94. The van der Waals surface area contributed by atoms with Gasteiger partial charge in [0.1, 0.15) is 11.6 Å². The Morgan fingerprint density at radius 3 is 2.49 bits per heavy atom. The minimum absolute atomic E-state index is 0.198. The molecule has 35 heavy (non-hydrogen) atoms. The molecule has 182 valence electrons. The van der Waals surface area contributed by atoms with Crippen molar-refractivity contribution in [1.82, 2.24) is 14.9 Å². The molecule has 0 aliphatic heterocycles. The largest absolute Gasteiger partial charge is 0.494 e. The number of hydrogen-bond acceptors (Lipinski definition) is 5. The van der Waals surface area contributed by atoms with Gasteiger partial charge in [-0.2, -0.15) is 0 Å². The van der Waals surface area contributed by atoms with E-state index >= 15 is 0 Å². The van der Waals surface area contributed by atoms with Crippen LogP contribution in [-0.2, 0) is 13.1 Å². The number of para-hydroxylation sites is 2. The molecule has 1 amide bonds. The van der Waals surface area contributed by atoms with Crippen LogP contribution in [-0.4, -0.2) is 36.3 Å².